The van der Waals surface area contributed by atoms with Gasteiger partial charge in [-0.15, -0.1) is 0 Å². The second-order valence-corrected chi connectivity index (χ2v) is 6.41. The summed E-state index contributed by atoms with van der Waals surface area (Å²) < 4.78 is 21.8. The number of rotatable bonds is 5. The lowest BCUT2D eigenvalue weighted by atomic mass is 10.0. The molecule has 8 nitrogen and oxygen atoms in total. The van der Waals surface area contributed by atoms with Crippen LogP contribution in [-0.2, 0) is 11.2 Å². The van der Waals surface area contributed by atoms with Crippen molar-refractivity contribution in [1.82, 2.24) is 5.32 Å². The molecule has 2 aromatic carbocycles. The summed E-state index contributed by atoms with van der Waals surface area (Å²) in [6.45, 7) is 1.31. The molecule has 1 amide bonds. The molecule has 0 fully saturated rings. The molecule has 2 aromatic rings. The van der Waals surface area contributed by atoms with Crippen molar-refractivity contribution in [2.24, 2.45) is 0 Å². The highest BCUT2D eigenvalue weighted by molar-refractivity contribution is 5.98. The summed E-state index contributed by atoms with van der Waals surface area (Å²) in [5.74, 6) is 0.201. The molecule has 1 unspecified atom stereocenters. The van der Waals surface area contributed by atoms with Gasteiger partial charge in [0, 0.05) is 12.0 Å². The van der Waals surface area contributed by atoms with Gasteiger partial charge in [0.1, 0.15) is 19.0 Å². The van der Waals surface area contributed by atoms with Crippen molar-refractivity contribution in [1.29, 1.82) is 0 Å². The number of benzene rings is 2. The first kappa shape index (κ1) is 18.0. The number of amides is 1. The van der Waals surface area contributed by atoms with Crippen LogP contribution in [0, 0.1) is 0 Å². The zero-order valence-corrected chi connectivity index (χ0v) is 15.2. The van der Waals surface area contributed by atoms with Gasteiger partial charge in [-0.2, -0.15) is 0 Å². The summed E-state index contributed by atoms with van der Waals surface area (Å²) in [5.41, 5.74) is 1.63. The Morgan fingerprint density at radius 2 is 1.86 bits per heavy atom. The lowest BCUT2D eigenvalue weighted by Gasteiger charge is -2.22. The minimum Gasteiger partial charge on any atom is -0.493 e. The first-order valence-electron chi connectivity index (χ1n) is 8.83. The number of ether oxygens (including phenoxy) is 4. The lowest BCUT2D eigenvalue weighted by Crippen LogP contribution is -2.34. The average molecular weight is 385 g/mol. The van der Waals surface area contributed by atoms with Gasteiger partial charge in [-0.3, -0.25) is 4.79 Å². The fraction of sp³-hybridized carbons (Fsp3) is 0.300. The molecule has 0 aromatic heterocycles. The predicted octanol–water partition coefficient (Wildman–Crippen LogP) is 1.96. The third-order valence-corrected chi connectivity index (χ3v) is 4.66. The highest BCUT2D eigenvalue weighted by Crippen LogP contribution is 2.40. The smallest absolute Gasteiger partial charge is 0.330 e. The van der Waals surface area contributed by atoms with Crippen LogP contribution in [0.25, 0.3) is 0 Å². The molecule has 1 atom stereocenters. The van der Waals surface area contributed by atoms with Crippen LogP contribution < -0.4 is 24.3 Å². The number of aliphatic carboxylic acids is 1. The van der Waals surface area contributed by atoms with Crippen molar-refractivity contribution in [3.05, 3.63) is 47.0 Å². The minimum atomic E-state index is -1.20. The Morgan fingerprint density at radius 1 is 1.07 bits per heavy atom. The molecule has 28 heavy (non-hydrogen) atoms. The Morgan fingerprint density at radius 3 is 2.64 bits per heavy atom. The van der Waals surface area contributed by atoms with Crippen molar-refractivity contribution < 1.29 is 33.6 Å². The maximum absolute atomic E-state index is 12.8. The van der Waals surface area contributed by atoms with E-state index in [0.717, 1.165) is 11.3 Å². The fourth-order valence-electron chi connectivity index (χ4n) is 3.29. The van der Waals surface area contributed by atoms with Crippen LogP contribution >= 0.6 is 0 Å². The molecule has 2 aliphatic heterocycles. The van der Waals surface area contributed by atoms with E-state index >= 15 is 0 Å². The molecular weight excluding hydrogens is 366 g/mol. The van der Waals surface area contributed by atoms with E-state index in [2.05, 4.69) is 5.32 Å². The molecule has 146 valence electrons. The molecule has 2 aliphatic rings. The van der Waals surface area contributed by atoms with Gasteiger partial charge in [-0.25, -0.2) is 4.79 Å². The van der Waals surface area contributed by atoms with E-state index in [-0.39, 0.29) is 5.56 Å². The van der Waals surface area contributed by atoms with Gasteiger partial charge in [0.15, 0.2) is 17.5 Å². The van der Waals surface area contributed by atoms with Gasteiger partial charge < -0.3 is 29.4 Å². The monoisotopic (exact) mass is 385 g/mol. The number of methoxy groups -OCH3 is 1. The molecule has 2 N–H and O–H groups in total. The Labute approximate surface area is 161 Å². The molecular formula is C20H19NO7. The van der Waals surface area contributed by atoms with Crippen molar-refractivity contribution in [2.45, 2.75) is 12.5 Å². The van der Waals surface area contributed by atoms with E-state index in [4.69, 9.17) is 18.9 Å². The number of nitrogens with one attached hydrogen (secondary N) is 1. The summed E-state index contributed by atoms with van der Waals surface area (Å²) in [4.78, 5) is 24.6. The van der Waals surface area contributed by atoms with Crippen LogP contribution in [-0.4, -0.2) is 43.9 Å². The van der Waals surface area contributed by atoms with E-state index in [1.165, 1.54) is 19.2 Å². The number of carboxylic acid groups (broad SMARTS) is 1. The first-order chi connectivity index (χ1) is 13.6. The van der Waals surface area contributed by atoms with E-state index in [0.29, 0.717) is 49.1 Å². The highest BCUT2D eigenvalue weighted by atomic mass is 16.6. The van der Waals surface area contributed by atoms with Gasteiger partial charge >= 0.3 is 5.97 Å². The summed E-state index contributed by atoms with van der Waals surface area (Å²) >= 11 is 0. The van der Waals surface area contributed by atoms with Gasteiger partial charge in [0.05, 0.1) is 13.7 Å². The number of hydrogen-bond acceptors (Lipinski definition) is 6. The number of fused-ring (bicyclic) bond motifs is 2. The SMILES string of the molecule is COc1cc(C(=O)NC(C(=O)O)c2ccc3c(c2)CCO3)cc2c1OCCO2. The van der Waals surface area contributed by atoms with Crippen LogP contribution in [0.2, 0.25) is 0 Å². The quantitative estimate of drug-likeness (QED) is 0.811. The van der Waals surface area contributed by atoms with Crippen LogP contribution in [0.15, 0.2) is 30.3 Å². The van der Waals surface area contributed by atoms with Crippen molar-refractivity contribution in [2.75, 3.05) is 26.9 Å². The van der Waals surface area contributed by atoms with Gasteiger partial charge in [-0.1, -0.05) is 6.07 Å². The van der Waals surface area contributed by atoms with Crippen LogP contribution in [0.5, 0.6) is 23.0 Å². The summed E-state index contributed by atoms with van der Waals surface area (Å²) in [6.07, 6.45) is 0.711. The molecule has 2 heterocycles. The Bertz CT molecular complexity index is 923. The summed E-state index contributed by atoms with van der Waals surface area (Å²) in [7, 11) is 1.46. The molecule has 0 bridgehead atoms. The largest absolute Gasteiger partial charge is 0.493 e. The first-order valence-corrected chi connectivity index (χ1v) is 8.83. The second-order valence-electron chi connectivity index (χ2n) is 6.41. The van der Waals surface area contributed by atoms with E-state index in [1.807, 2.05) is 0 Å². The zero-order chi connectivity index (χ0) is 19.7. The third-order valence-electron chi connectivity index (χ3n) is 4.66. The average Bonchev–Trinajstić information content (AvgIpc) is 3.18. The van der Waals surface area contributed by atoms with Crippen LogP contribution in [0.4, 0.5) is 0 Å². The molecule has 8 heteroatoms. The molecule has 0 spiro atoms. The summed E-state index contributed by atoms with van der Waals surface area (Å²) in [5, 5.41) is 12.2. The zero-order valence-electron chi connectivity index (χ0n) is 15.2. The third kappa shape index (κ3) is 3.28. The molecule has 0 saturated carbocycles. The Balaban J connectivity index is 1.61. The van der Waals surface area contributed by atoms with Gasteiger partial charge in [0.25, 0.3) is 5.91 Å². The van der Waals surface area contributed by atoms with E-state index < -0.39 is 17.9 Å². The van der Waals surface area contributed by atoms with Crippen molar-refractivity contribution in [3.8, 4) is 23.0 Å². The molecule has 4 rings (SSSR count). The number of carbonyl (C=O) groups excluding carboxylic acids is 1. The fourth-order valence-corrected chi connectivity index (χ4v) is 3.29. The predicted molar refractivity (Wildman–Crippen MR) is 97.5 cm³/mol. The van der Waals surface area contributed by atoms with Gasteiger partial charge in [-0.05, 0) is 35.4 Å². The highest BCUT2D eigenvalue weighted by Gasteiger charge is 2.27. The number of carboxylic acids is 1. The van der Waals surface area contributed by atoms with Crippen molar-refractivity contribution in [3.63, 3.8) is 0 Å². The minimum absolute atomic E-state index is 0.219. The van der Waals surface area contributed by atoms with Gasteiger partial charge in [0.2, 0.25) is 5.75 Å². The van der Waals surface area contributed by atoms with Crippen LogP contribution in [0.1, 0.15) is 27.5 Å². The maximum Gasteiger partial charge on any atom is 0.330 e. The topological polar surface area (TPSA) is 103 Å². The van der Waals surface area contributed by atoms with Crippen LogP contribution in [0.3, 0.4) is 0 Å². The standard InChI is InChI=1S/C20H19NO7/c1-25-15-9-13(10-16-18(15)28-7-6-27-16)19(22)21-17(20(23)24)12-2-3-14-11(8-12)4-5-26-14/h2-3,8-10,17H,4-7H2,1H3,(H,21,22)(H,23,24). The van der Waals surface area contributed by atoms with E-state index in [1.54, 1.807) is 18.2 Å². The Kier molecular flexibility index (Phi) is 4.68. The normalized spacial score (nSPS) is 15.2. The number of carbonyl (C=O) groups is 2. The number of hydrogen-bond donors (Lipinski definition) is 2. The second kappa shape index (κ2) is 7.30. The maximum atomic E-state index is 12.8. The molecule has 0 aliphatic carbocycles. The molecule has 0 saturated heterocycles. The van der Waals surface area contributed by atoms with Crippen molar-refractivity contribution >= 4 is 11.9 Å². The summed E-state index contributed by atoms with van der Waals surface area (Å²) in [6, 6.07) is 6.95. The molecule has 0 radical (unpaired) electrons. The van der Waals surface area contributed by atoms with E-state index in [9.17, 15) is 14.7 Å². The lowest BCUT2D eigenvalue weighted by molar-refractivity contribution is -0.139. The Hall–Kier alpha value is -3.42.